The lowest BCUT2D eigenvalue weighted by molar-refractivity contribution is -0.870. The minimum absolute atomic E-state index is 0.0371. The molecule has 1 amide bonds. The maximum atomic E-state index is 13.6. The highest BCUT2D eigenvalue weighted by Crippen LogP contribution is 2.43. The molecule has 80 heavy (non-hydrogen) atoms. The Bertz CT molecular complexity index is 1600. The van der Waals surface area contributed by atoms with Crippen LogP contribution in [0.5, 0.6) is 0 Å². The van der Waals surface area contributed by atoms with Crippen LogP contribution in [0.25, 0.3) is 0 Å². The van der Waals surface area contributed by atoms with E-state index in [0.29, 0.717) is 17.4 Å². The van der Waals surface area contributed by atoms with Gasteiger partial charge in [-0.05, 0) is 102 Å². The lowest BCUT2D eigenvalue weighted by atomic mass is 10.0. The topological polar surface area (TPSA) is 111 Å². The van der Waals surface area contributed by atoms with Crippen molar-refractivity contribution in [3.63, 3.8) is 0 Å². The molecule has 466 valence electrons. The van der Waals surface area contributed by atoms with Crippen LogP contribution in [0.3, 0.4) is 0 Å². The van der Waals surface area contributed by atoms with Crippen LogP contribution in [0, 0.1) is 0 Å². The van der Waals surface area contributed by atoms with E-state index in [9.17, 15) is 19.0 Å². The predicted molar refractivity (Wildman–Crippen MR) is 346 cm³/mol. The zero-order valence-corrected chi connectivity index (χ0v) is 54.2. The van der Waals surface area contributed by atoms with E-state index in [2.05, 4.69) is 86.8 Å². The molecule has 0 fully saturated rings. The summed E-state index contributed by atoms with van der Waals surface area (Å²) in [5.41, 5.74) is 0. The number of rotatable bonds is 61. The maximum Gasteiger partial charge on any atom is 0.472 e. The highest BCUT2D eigenvalue weighted by Gasteiger charge is 2.30. The highest BCUT2D eigenvalue weighted by molar-refractivity contribution is 7.47. The number of quaternary nitrogens is 1. The quantitative estimate of drug-likeness (QED) is 0.0205. The molecule has 0 spiro atoms. The van der Waals surface area contributed by atoms with E-state index in [1.165, 1.54) is 186 Å². The van der Waals surface area contributed by atoms with Gasteiger partial charge in [0.15, 0.2) is 0 Å². The number of unbranched alkanes of at least 4 members (excludes halogenated alkanes) is 35. The van der Waals surface area contributed by atoms with Crippen molar-refractivity contribution in [2.24, 2.45) is 0 Å². The largest absolute Gasteiger partial charge is 0.472 e. The second-order valence-corrected chi connectivity index (χ2v) is 25.4. The van der Waals surface area contributed by atoms with Crippen LogP contribution in [0.15, 0.2) is 72.9 Å². The van der Waals surface area contributed by atoms with Gasteiger partial charge in [0.2, 0.25) is 5.91 Å². The van der Waals surface area contributed by atoms with Crippen LogP contribution in [0.1, 0.15) is 310 Å². The number of phosphoric acid groups is 1. The number of allylic oxidation sites excluding steroid dienone is 11. The molecule has 3 unspecified atom stereocenters. The van der Waals surface area contributed by atoms with E-state index in [1.54, 1.807) is 0 Å². The molecule has 0 heterocycles. The number of ether oxygens (including phenoxy) is 1. The Balaban J connectivity index is 5.11. The Labute approximate surface area is 495 Å². The summed E-state index contributed by atoms with van der Waals surface area (Å²) < 4.78 is 30.8. The highest BCUT2D eigenvalue weighted by atomic mass is 31.2. The Morgan fingerprint density at radius 2 is 0.762 bits per heavy atom. The number of likely N-dealkylation sites (N-methyl/N-ethyl adjacent to an activating group) is 1. The molecule has 0 radical (unpaired) electrons. The molecule has 0 aliphatic heterocycles. The van der Waals surface area contributed by atoms with Crippen LogP contribution >= 0.6 is 7.82 Å². The van der Waals surface area contributed by atoms with E-state index in [1.807, 2.05) is 33.3 Å². The van der Waals surface area contributed by atoms with Crippen molar-refractivity contribution in [1.82, 2.24) is 5.32 Å². The van der Waals surface area contributed by atoms with E-state index < -0.39 is 20.0 Å². The van der Waals surface area contributed by atoms with Gasteiger partial charge in [-0.15, -0.1) is 0 Å². The number of amides is 1. The van der Waals surface area contributed by atoms with Crippen LogP contribution < -0.4 is 5.32 Å². The summed E-state index contributed by atoms with van der Waals surface area (Å²) in [7, 11) is 1.49. The maximum absolute atomic E-state index is 13.6. The molecule has 9 nitrogen and oxygen atoms in total. The average Bonchev–Trinajstić information content (AvgIpc) is 3.42. The molecule has 0 bridgehead atoms. The fourth-order valence-corrected chi connectivity index (χ4v) is 10.4. The van der Waals surface area contributed by atoms with Gasteiger partial charge in [0, 0.05) is 12.8 Å². The van der Waals surface area contributed by atoms with Gasteiger partial charge >= 0.3 is 13.8 Å². The number of carbonyl (C=O) groups excluding carboxylic acids is 2. The first-order chi connectivity index (χ1) is 38.9. The molecule has 3 atom stereocenters. The third kappa shape index (κ3) is 60.1. The zero-order chi connectivity index (χ0) is 58.6. The van der Waals surface area contributed by atoms with Crippen molar-refractivity contribution in [3.8, 4) is 0 Å². The Morgan fingerprint density at radius 3 is 1.16 bits per heavy atom. The van der Waals surface area contributed by atoms with Crippen molar-refractivity contribution in [1.29, 1.82) is 0 Å². The third-order valence-corrected chi connectivity index (χ3v) is 15.9. The minimum atomic E-state index is -4.46. The number of esters is 1. The Morgan fingerprint density at radius 1 is 0.438 bits per heavy atom. The monoisotopic (exact) mass is 1140 g/mol. The van der Waals surface area contributed by atoms with Crippen molar-refractivity contribution in [3.05, 3.63) is 72.9 Å². The summed E-state index contributed by atoms with van der Waals surface area (Å²) in [6.07, 6.45) is 77.6. The molecule has 0 rings (SSSR count). The predicted octanol–water partition coefficient (Wildman–Crippen LogP) is 21.2. The smallest absolute Gasteiger partial charge is 0.456 e. The van der Waals surface area contributed by atoms with Gasteiger partial charge in [-0.3, -0.25) is 18.6 Å². The molecule has 0 aromatic carbocycles. The summed E-state index contributed by atoms with van der Waals surface area (Å²) >= 11 is 0. The summed E-state index contributed by atoms with van der Waals surface area (Å²) in [6, 6.07) is -0.855. The molecular weight excluding hydrogens is 1010 g/mol. The normalized spacial score (nSPS) is 14.0. The fourth-order valence-electron chi connectivity index (χ4n) is 9.63. The zero-order valence-electron chi connectivity index (χ0n) is 53.3. The SMILES string of the molecule is CCCCC/C=C\C/C=C\C/C=C\CCCCCCCCCCCCCCC(=O)NC(COP(=O)(O)OCC[N+](C)(C)C)C(/C=C\CCCCCCCCCCCC)OC(=O)CCCCCCCCC/C=C\C/C=C\CCCCC. The molecule has 0 aliphatic carbocycles. The molecule has 0 saturated heterocycles. The molecule has 0 aromatic rings. The summed E-state index contributed by atoms with van der Waals surface area (Å²) in [5, 5.41) is 3.06. The number of hydrogen-bond acceptors (Lipinski definition) is 6. The van der Waals surface area contributed by atoms with E-state index in [4.69, 9.17) is 13.8 Å². The number of phosphoric ester groups is 1. The Hall–Kier alpha value is -2.55. The van der Waals surface area contributed by atoms with Gasteiger partial charge in [0.1, 0.15) is 19.3 Å². The number of carbonyl (C=O) groups is 2. The second kappa shape index (κ2) is 59.6. The van der Waals surface area contributed by atoms with Crippen molar-refractivity contribution < 1.29 is 37.3 Å². The lowest BCUT2D eigenvalue weighted by Crippen LogP contribution is -2.47. The second-order valence-electron chi connectivity index (χ2n) is 24.0. The molecule has 0 aliphatic rings. The average molecular weight is 1140 g/mol. The van der Waals surface area contributed by atoms with Crippen molar-refractivity contribution >= 4 is 19.7 Å². The van der Waals surface area contributed by atoms with Gasteiger partial charge < -0.3 is 19.4 Å². The number of hydrogen-bond donors (Lipinski definition) is 2. The van der Waals surface area contributed by atoms with Crippen LogP contribution in [-0.4, -0.2) is 74.3 Å². The molecule has 0 aromatic heterocycles. The van der Waals surface area contributed by atoms with Crippen molar-refractivity contribution in [2.75, 3.05) is 40.9 Å². The minimum Gasteiger partial charge on any atom is -0.456 e. The van der Waals surface area contributed by atoms with Crippen LogP contribution in [0.2, 0.25) is 0 Å². The number of nitrogens with zero attached hydrogens (tertiary/aromatic N) is 1. The number of nitrogens with one attached hydrogen (secondary N) is 1. The first kappa shape index (κ1) is 77.5. The Kier molecular flexibility index (Phi) is 57.7. The van der Waals surface area contributed by atoms with Gasteiger partial charge in [0.25, 0.3) is 0 Å². The van der Waals surface area contributed by atoms with Crippen LogP contribution in [0.4, 0.5) is 0 Å². The third-order valence-electron chi connectivity index (χ3n) is 14.9. The van der Waals surface area contributed by atoms with E-state index in [0.717, 1.165) is 89.9 Å². The summed E-state index contributed by atoms with van der Waals surface area (Å²) in [6.45, 7) is 6.98. The fraction of sp³-hybridized carbons (Fsp3) is 0.800. The van der Waals surface area contributed by atoms with Gasteiger partial charge in [0.05, 0.1) is 33.8 Å². The van der Waals surface area contributed by atoms with Crippen LogP contribution in [-0.2, 0) is 27.9 Å². The first-order valence-corrected chi connectivity index (χ1v) is 35.3. The molecule has 2 N–H and O–H groups in total. The molecular formula is C70H130N2O7P+. The lowest BCUT2D eigenvalue weighted by Gasteiger charge is -2.27. The van der Waals surface area contributed by atoms with Gasteiger partial charge in [-0.1, -0.05) is 267 Å². The molecule has 0 saturated carbocycles. The van der Waals surface area contributed by atoms with Crippen molar-refractivity contribution in [2.45, 2.75) is 322 Å². The standard InChI is InChI=1S/C70H129N2O7P/c1-7-10-13-16-19-22-25-28-30-32-33-34-35-36-37-38-39-41-42-44-47-50-53-56-59-62-69(73)71-67(66-78-80(75,76)77-65-64-72(4,5)6)68(61-58-55-52-49-46-27-24-21-18-15-12-9-3)79-70(74)63-60-57-54-51-48-45-43-40-31-29-26-23-20-17-14-11-8-2/h19-20,22-23,28-31,33-34,58,61,67-68H,7-18,21,24-27,32,35-57,59-60,62-66H2,1-6H3,(H-,71,73,75,76)/p+1/b22-19-,23-20-,30-28-,31-29-,34-33-,61-58-. The summed E-state index contributed by atoms with van der Waals surface area (Å²) in [4.78, 5) is 37.8. The van der Waals surface area contributed by atoms with E-state index >= 15 is 0 Å². The first-order valence-electron chi connectivity index (χ1n) is 33.8. The van der Waals surface area contributed by atoms with E-state index in [-0.39, 0.29) is 31.5 Å². The summed E-state index contributed by atoms with van der Waals surface area (Å²) in [5.74, 6) is -0.510. The van der Waals surface area contributed by atoms with Gasteiger partial charge in [-0.2, -0.15) is 0 Å². The van der Waals surface area contributed by atoms with Gasteiger partial charge in [-0.25, -0.2) is 4.57 Å². The molecule has 10 heteroatoms.